The van der Waals surface area contributed by atoms with Crippen molar-refractivity contribution in [1.29, 1.82) is 0 Å². The molecule has 184 valence electrons. The first-order valence-electron chi connectivity index (χ1n) is 11.5. The fraction of sp³-hybridized carbons (Fsp3) is 0.400. The van der Waals surface area contributed by atoms with Crippen LogP contribution < -0.4 is 10.1 Å². The van der Waals surface area contributed by atoms with E-state index in [1.54, 1.807) is 24.3 Å². The number of carboxylic acid groups (broad SMARTS) is 1. The highest BCUT2D eigenvalue weighted by Crippen LogP contribution is 2.51. The molecule has 2 amide bonds. The van der Waals surface area contributed by atoms with Crippen molar-refractivity contribution in [2.24, 2.45) is 11.8 Å². The van der Waals surface area contributed by atoms with Crippen molar-refractivity contribution in [2.45, 2.75) is 37.8 Å². The number of aliphatic carboxylic acids is 1. The fourth-order valence-electron chi connectivity index (χ4n) is 5.28. The fourth-order valence-corrected chi connectivity index (χ4v) is 5.28. The Morgan fingerprint density at radius 2 is 1.86 bits per heavy atom. The summed E-state index contributed by atoms with van der Waals surface area (Å²) in [6, 6.07) is 11.8. The minimum atomic E-state index is -1.79. The van der Waals surface area contributed by atoms with Crippen LogP contribution in [0.5, 0.6) is 5.75 Å². The maximum absolute atomic E-state index is 13.6. The van der Waals surface area contributed by atoms with E-state index in [0.717, 1.165) is 6.42 Å². The number of imide groups is 1. The van der Waals surface area contributed by atoms with Gasteiger partial charge in [-0.25, -0.2) is 0 Å². The summed E-state index contributed by atoms with van der Waals surface area (Å²) in [5.41, 5.74) is -0.826. The predicted molar refractivity (Wildman–Crippen MR) is 125 cm³/mol. The number of hydrogen-bond donors (Lipinski definition) is 2. The summed E-state index contributed by atoms with van der Waals surface area (Å²) in [4.78, 5) is 51.7. The Morgan fingerprint density at radius 3 is 2.46 bits per heavy atom. The molecule has 10 nitrogen and oxygen atoms in total. The van der Waals surface area contributed by atoms with Crippen molar-refractivity contribution in [3.63, 3.8) is 0 Å². The molecule has 0 radical (unpaired) electrons. The van der Waals surface area contributed by atoms with E-state index in [0.29, 0.717) is 23.3 Å². The van der Waals surface area contributed by atoms with Gasteiger partial charge >= 0.3 is 5.97 Å². The summed E-state index contributed by atoms with van der Waals surface area (Å²) in [6.45, 7) is 2.17. The third kappa shape index (κ3) is 4.03. The molecule has 2 heterocycles. The molecule has 2 aromatic rings. The van der Waals surface area contributed by atoms with E-state index in [-0.39, 0.29) is 18.7 Å². The van der Waals surface area contributed by atoms with Gasteiger partial charge in [0.05, 0.1) is 23.9 Å². The highest BCUT2D eigenvalue weighted by Gasteiger charge is 2.68. The lowest BCUT2D eigenvalue weighted by molar-refractivity contribution is -0.384. The number of non-ortho nitro benzene ring substituents is 1. The summed E-state index contributed by atoms with van der Waals surface area (Å²) < 4.78 is 5.48. The van der Waals surface area contributed by atoms with E-state index < -0.39 is 46.1 Å². The van der Waals surface area contributed by atoms with E-state index >= 15 is 0 Å². The van der Waals surface area contributed by atoms with Crippen LogP contribution in [-0.2, 0) is 20.8 Å². The smallest absolute Gasteiger partial charge is 0.325 e. The number of benzene rings is 2. The van der Waals surface area contributed by atoms with Crippen LogP contribution in [0.15, 0.2) is 48.5 Å². The largest absolute Gasteiger partial charge is 0.496 e. The van der Waals surface area contributed by atoms with Crippen molar-refractivity contribution >= 4 is 23.5 Å². The molecule has 2 aliphatic heterocycles. The van der Waals surface area contributed by atoms with Gasteiger partial charge in [0.1, 0.15) is 11.3 Å². The number of para-hydroxylation sites is 1. The number of likely N-dealkylation sites (tertiary alicyclic amines) is 1. The first-order chi connectivity index (χ1) is 16.7. The molecule has 2 fully saturated rings. The zero-order valence-electron chi connectivity index (χ0n) is 19.5. The molecule has 0 spiro atoms. The maximum atomic E-state index is 13.6. The van der Waals surface area contributed by atoms with Gasteiger partial charge in [-0.05, 0) is 18.1 Å². The summed E-state index contributed by atoms with van der Waals surface area (Å²) in [5, 5.41) is 24.7. The second kappa shape index (κ2) is 9.46. The van der Waals surface area contributed by atoms with Crippen LogP contribution >= 0.6 is 0 Å². The number of carbonyl (C=O) groups is 3. The molecule has 0 saturated carbocycles. The molecule has 4 rings (SSSR count). The van der Waals surface area contributed by atoms with Gasteiger partial charge in [-0.2, -0.15) is 0 Å². The molecule has 4 unspecified atom stereocenters. The molecule has 2 aliphatic rings. The molecular formula is C25H27N3O7. The Labute approximate surface area is 202 Å². The number of amides is 2. The van der Waals surface area contributed by atoms with Gasteiger partial charge < -0.3 is 9.84 Å². The maximum Gasteiger partial charge on any atom is 0.325 e. The third-order valence-corrected chi connectivity index (χ3v) is 6.97. The van der Waals surface area contributed by atoms with Crippen LogP contribution in [0, 0.1) is 22.0 Å². The minimum absolute atomic E-state index is 0.125. The van der Waals surface area contributed by atoms with E-state index in [9.17, 15) is 29.6 Å². The molecule has 2 aromatic carbocycles. The summed E-state index contributed by atoms with van der Waals surface area (Å²) in [7, 11) is 1.49. The Hall–Kier alpha value is -3.79. The summed E-state index contributed by atoms with van der Waals surface area (Å²) >= 11 is 0. The van der Waals surface area contributed by atoms with E-state index in [1.807, 2.05) is 6.92 Å². The van der Waals surface area contributed by atoms with Crippen LogP contribution in [0.1, 0.15) is 36.9 Å². The molecule has 4 atom stereocenters. The number of nitro benzene ring substituents is 1. The Balaban J connectivity index is 1.82. The van der Waals surface area contributed by atoms with Gasteiger partial charge in [-0.15, -0.1) is 0 Å². The number of carboxylic acids is 1. The number of nitrogens with one attached hydrogen (secondary N) is 1. The van der Waals surface area contributed by atoms with Crippen LogP contribution in [-0.4, -0.2) is 51.9 Å². The first-order valence-corrected chi connectivity index (χ1v) is 11.5. The van der Waals surface area contributed by atoms with Crippen LogP contribution in [0.3, 0.4) is 0 Å². The normalized spacial score (nSPS) is 25.5. The number of hydrogen-bond acceptors (Lipinski definition) is 7. The van der Waals surface area contributed by atoms with Crippen LogP contribution in [0.2, 0.25) is 0 Å². The average Bonchev–Trinajstić information content (AvgIpc) is 3.32. The highest BCUT2D eigenvalue weighted by atomic mass is 16.6. The number of carbonyl (C=O) groups excluding carboxylic acids is 2. The molecule has 35 heavy (non-hydrogen) atoms. The van der Waals surface area contributed by atoms with Gasteiger partial charge in [0.2, 0.25) is 11.8 Å². The second-order valence-corrected chi connectivity index (χ2v) is 8.93. The second-order valence-electron chi connectivity index (χ2n) is 8.93. The number of fused-ring (bicyclic) bond motifs is 1. The van der Waals surface area contributed by atoms with Crippen molar-refractivity contribution in [3.05, 3.63) is 69.8 Å². The number of unbranched alkanes of at least 4 members (excludes halogenated alkanes) is 1. The summed E-state index contributed by atoms with van der Waals surface area (Å²) in [5.74, 6) is -3.76. The van der Waals surface area contributed by atoms with E-state index in [1.165, 1.54) is 36.3 Å². The molecule has 2 saturated heterocycles. The SMILES string of the molecule is CCCCN1C(=O)C2C(c3ccccc3OC)NC(Cc3ccc([N+](=O)[O-])cc3)(C(=O)O)C2C1=O. The Bertz CT molecular complexity index is 1170. The van der Waals surface area contributed by atoms with Crippen molar-refractivity contribution in [3.8, 4) is 5.75 Å². The van der Waals surface area contributed by atoms with Gasteiger partial charge in [0.15, 0.2) is 0 Å². The monoisotopic (exact) mass is 481 g/mol. The van der Waals surface area contributed by atoms with Gasteiger partial charge in [0, 0.05) is 36.7 Å². The average molecular weight is 482 g/mol. The zero-order valence-corrected chi connectivity index (χ0v) is 19.5. The lowest BCUT2D eigenvalue weighted by Gasteiger charge is -2.31. The molecule has 0 bridgehead atoms. The molecule has 0 aromatic heterocycles. The number of nitrogens with zero attached hydrogens (tertiary/aromatic N) is 2. The van der Waals surface area contributed by atoms with Crippen molar-refractivity contribution in [1.82, 2.24) is 10.2 Å². The van der Waals surface area contributed by atoms with Crippen molar-refractivity contribution < 1.29 is 29.2 Å². The molecule has 2 N–H and O–H groups in total. The quantitative estimate of drug-likeness (QED) is 0.317. The standard InChI is InChI=1S/C25H27N3O7/c1-3-4-13-27-22(29)19-20(23(27)30)25(24(31)32,14-15-9-11-16(12-10-15)28(33)34)26-21(19)17-7-5-6-8-18(17)35-2/h5-12,19-21,26H,3-4,13-14H2,1-2H3,(H,31,32). The first kappa shape index (κ1) is 24.3. The van der Waals surface area contributed by atoms with Gasteiger partial charge in [-0.1, -0.05) is 43.7 Å². The van der Waals surface area contributed by atoms with Crippen LogP contribution in [0.25, 0.3) is 0 Å². The molecule has 0 aliphatic carbocycles. The highest BCUT2D eigenvalue weighted by molar-refractivity contribution is 6.09. The van der Waals surface area contributed by atoms with Gasteiger partial charge in [-0.3, -0.25) is 34.7 Å². The zero-order chi connectivity index (χ0) is 25.3. The van der Waals surface area contributed by atoms with Crippen LogP contribution in [0.4, 0.5) is 5.69 Å². The molecular weight excluding hydrogens is 454 g/mol. The minimum Gasteiger partial charge on any atom is -0.496 e. The Kier molecular flexibility index (Phi) is 6.58. The lowest BCUT2D eigenvalue weighted by Crippen LogP contribution is -2.57. The van der Waals surface area contributed by atoms with E-state index in [4.69, 9.17) is 4.74 Å². The molecule has 10 heteroatoms. The number of methoxy groups -OCH3 is 1. The van der Waals surface area contributed by atoms with Gasteiger partial charge in [0.25, 0.3) is 5.69 Å². The third-order valence-electron chi connectivity index (χ3n) is 6.97. The van der Waals surface area contributed by atoms with Crippen molar-refractivity contribution in [2.75, 3.05) is 13.7 Å². The predicted octanol–water partition coefficient (Wildman–Crippen LogP) is 2.72. The summed E-state index contributed by atoms with van der Waals surface area (Å²) in [6.07, 6.45) is 1.26. The Morgan fingerprint density at radius 1 is 1.17 bits per heavy atom. The topological polar surface area (TPSA) is 139 Å². The number of ether oxygens (including phenoxy) is 1. The number of rotatable bonds is 9. The number of nitro groups is 1. The lowest BCUT2D eigenvalue weighted by atomic mass is 9.76. The van der Waals surface area contributed by atoms with E-state index in [2.05, 4.69) is 5.32 Å².